The molecule has 0 amide bonds. The van der Waals surface area contributed by atoms with Gasteiger partial charge in [0.2, 0.25) is 0 Å². The van der Waals surface area contributed by atoms with Crippen molar-refractivity contribution in [1.29, 1.82) is 0 Å². The molecule has 0 radical (unpaired) electrons. The molecule has 0 bridgehead atoms. The molecule has 0 aliphatic heterocycles. The summed E-state index contributed by atoms with van der Waals surface area (Å²) in [6, 6.07) is 13.8. The fourth-order valence-corrected chi connectivity index (χ4v) is 5.50. The summed E-state index contributed by atoms with van der Waals surface area (Å²) >= 11 is 7.38. The van der Waals surface area contributed by atoms with E-state index in [2.05, 4.69) is 4.98 Å². The molecule has 2 aromatic carbocycles. The Balaban J connectivity index is 1.40. The number of hydrogen-bond donors (Lipinski definition) is 1. The maximum absolute atomic E-state index is 13.6. The molecule has 1 fully saturated rings. The van der Waals surface area contributed by atoms with Crippen molar-refractivity contribution < 1.29 is 27.8 Å². The third kappa shape index (κ3) is 5.09. The SMILES string of the molecule is COc1cc(-n2cnc3sc(-c4ccc(Cl)cc4)cc3c2=O)ccc1OCC1(OC(=O)CN)CC(F)(F)C1. The van der Waals surface area contributed by atoms with Crippen LogP contribution in [-0.2, 0) is 9.53 Å². The molecule has 1 aliphatic rings. The molecule has 0 saturated heterocycles. The third-order valence-corrected chi connectivity index (χ3v) is 7.50. The van der Waals surface area contributed by atoms with Gasteiger partial charge in [0.25, 0.3) is 11.5 Å². The molecule has 8 nitrogen and oxygen atoms in total. The monoisotopic (exact) mass is 561 g/mol. The number of benzene rings is 2. The molecular weight excluding hydrogens is 540 g/mol. The fraction of sp³-hybridized carbons (Fsp3) is 0.269. The highest BCUT2D eigenvalue weighted by Gasteiger charge is 2.60. The number of carbonyl (C=O) groups is 1. The van der Waals surface area contributed by atoms with Gasteiger partial charge in [-0.2, -0.15) is 0 Å². The molecule has 4 aromatic rings. The Bertz CT molecular complexity index is 1560. The van der Waals surface area contributed by atoms with E-state index < -0.39 is 36.9 Å². The largest absolute Gasteiger partial charge is 0.493 e. The number of halogens is 3. The predicted molar refractivity (Wildman–Crippen MR) is 140 cm³/mol. The zero-order chi connectivity index (χ0) is 27.1. The number of alkyl halides is 2. The van der Waals surface area contributed by atoms with Crippen LogP contribution in [0.2, 0.25) is 5.02 Å². The summed E-state index contributed by atoms with van der Waals surface area (Å²) in [7, 11) is 1.41. The van der Waals surface area contributed by atoms with Crippen LogP contribution in [0.1, 0.15) is 12.8 Å². The normalized spacial score (nSPS) is 15.6. The highest BCUT2D eigenvalue weighted by molar-refractivity contribution is 7.21. The average molecular weight is 562 g/mol. The molecule has 0 spiro atoms. The number of aromatic nitrogens is 2. The molecule has 2 heterocycles. The Morgan fingerprint density at radius 3 is 2.55 bits per heavy atom. The maximum atomic E-state index is 13.6. The van der Waals surface area contributed by atoms with E-state index in [9.17, 15) is 18.4 Å². The molecule has 5 rings (SSSR count). The van der Waals surface area contributed by atoms with Crippen molar-refractivity contribution in [2.45, 2.75) is 24.4 Å². The molecule has 1 saturated carbocycles. The second kappa shape index (κ2) is 9.97. The number of nitrogens with two attached hydrogens (primary N) is 1. The lowest BCUT2D eigenvalue weighted by Gasteiger charge is -2.45. The molecule has 0 unspecified atom stereocenters. The van der Waals surface area contributed by atoms with Gasteiger partial charge in [0, 0.05) is 16.0 Å². The van der Waals surface area contributed by atoms with E-state index in [1.807, 2.05) is 12.1 Å². The van der Waals surface area contributed by atoms with Crippen molar-refractivity contribution in [3.05, 3.63) is 70.2 Å². The van der Waals surface area contributed by atoms with Crippen LogP contribution >= 0.6 is 22.9 Å². The van der Waals surface area contributed by atoms with Crippen LogP contribution in [0.25, 0.3) is 26.3 Å². The Kier molecular flexibility index (Phi) is 6.84. The highest BCUT2D eigenvalue weighted by atomic mass is 35.5. The first kappa shape index (κ1) is 26.1. The Labute approximate surface area is 224 Å². The average Bonchev–Trinajstić information content (AvgIpc) is 3.32. The van der Waals surface area contributed by atoms with Gasteiger partial charge >= 0.3 is 5.97 Å². The number of carbonyl (C=O) groups excluding carboxylic acids is 1. The first-order valence-electron chi connectivity index (χ1n) is 11.5. The van der Waals surface area contributed by atoms with E-state index in [-0.39, 0.29) is 23.7 Å². The number of esters is 1. The van der Waals surface area contributed by atoms with Gasteiger partial charge in [-0.1, -0.05) is 23.7 Å². The van der Waals surface area contributed by atoms with Crippen molar-refractivity contribution in [1.82, 2.24) is 9.55 Å². The lowest BCUT2D eigenvalue weighted by molar-refractivity contribution is -0.233. The summed E-state index contributed by atoms with van der Waals surface area (Å²) in [4.78, 5) is 30.9. The second-order valence-electron chi connectivity index (χ2n) is 8.95. The zero-order valence-corrected chi connectivity index (χ0v) is 21.7. The van der Waals surface area contributed by atoms with Gasteiger partial charge < -0.3 is 19.9 Å². The quantitative estimate of drug-likeness (QED) is 0.307. The maximum Gasteiger partial charge on any atom is 0.320 e. The van der Waals surface area contributed by atoms with Gasteiger partial charge in [0.05, 0.1) is 37.6 Å². The minimum absolute atomic E-state index is 0.234. The zero-order valence-electron chi connectivity index (χ0n) is 20.1. The van der Waals surface area contributed by atoms with Crippen LogP contribution < -0.4 is 20.8 Å². The number of thiophene rings is 1. The topological polar surface area (TPSA) is 106 Å². The van der Waals surface area contributed by atoms with Crippen molar-refractivity contribution in [2.24, 2.45) is 5.73 Å². The summed E-state index contributed by atoms with van der Waals surface area (Å²) in [5.74, 6) is -3.25. The van der Waals surface area contributed by atoms with E-state index in [0.717, 1.165) is 10.4 Å². The third-order valence-electron chi connectivity index (χ3n) is 6.16. The molecule has 2 aromatic heterocycles. The number of rotatable bonds is 8. The molecule has 2 N–H and O–H groups in total. The van der Waals surface area contributed by atoms with E-state index in [1.165, 1.54) is 29.3 Å². The number of fused-ring (bicyclic) bond motifs is 1. The van der Waals surface area contributed by atoms with Gasteiger partial charge in [-0.05, 0) is 35.9 Å². The first-order valence-corrected chi connectivity index (χ1v) is 12.7. The van der Waals surface area contributed by atoms with Crippen LogP contribution in [0.4, 0.5) is 8.78 Å². The van der Waals surface area contributed by atoms with Crippen LogP contribution in [-0.4, -0.2) is 47.3 Å². The van der Waals surface area contributed by atoms with Crippen molar-refractivity contribution in [3.8, 4) is 27.6 Å². The standard InChI is InChI=1S/C26H22ClF2N3O5S/c1-35-20-8-17(6-7-19(20)36-13-25(37-22(33)10-30)11-26(28,29)12-25)32-14-31-23-18(24(32)34)9-21(38-23)15-2-4-16(27)5-3-15/h2-9,14H,10-13,30H2,1H3. The molecule has 0 atom stereocenters. The Hall–Kier alpha value is -3.54. The van der Waals surface area contributed by atoms with Crippen molar-refractivity contribution >= 4 is 39.1 Å². The van der Waals surface area contributed by atoms with Crippen LogP contribution in [0.15, 0.2) is 59.7 Å². The van der Waals surface area contributed by atoms with Gasteiger partial charge in [-0.15, -0.1) is 11.3 Å². The lowest BCUT2D eigenvalue weighted by Crippen LogP contribution is -2.58. The smallest absolute Gasteiger partial charge is 0.320 e. The summed E-state index contributed by atoms with van der Waals surface area (Å²) in [6.07, 6.45) is 0.109. The van der Waals surface area contributed by atoms with E-state index >= 15 is 0 Å². The summed E-state index contributed by atoms with van der Waals surface area (Å²) in [6.45, 7) is -0.732. The van der Waals surface area contributed by atoms with E-state index in [1.54, 1.807) is 36.4 Å². The summed E-state index contributed by atoms with van der Waals surface area (Å²) in [5.41, 5.74) is 4.91. The summed E-state index contributed by atoms with van der Waals surface area (Å²) < 4.78 is 44.9. The van der Waals surface area contributed by atoms with Gasteiger partial charge in [0.15, 0.2) is 17.1 Å². The van der Waals surface area contributed by atoms with Crippen molar-refractivity contribution in [2.75, 3.05) is 20.3 Å². The molecule has 38 heavy (non-hydrogen) atoms. The Morgan fingerprint density at radius 1 is 1.16 bits per heavy atom. The van der Waals surface area contributed by atoms with Crippen LogP contribution in [0.3, 0.4) is 0 Å². The van der Waals surface area contributed by atoms with Crippen LogP contribution in [0.5, 0.6) is 11.5 Å². The van der Waals surface area contributed by atoms with Crippen molar-refractivity contribution in [3.63, 3.8) is 0 Å². The van der Waals surface area contributed by atoms with E-state index in [0.29, 0.717) is 20.9 Å². The Morgan fingerprint density at radius 2 is 1.89 bits per heavy atom. The van der Waals surface area contributed by atoms with Gasteiger partial charge in [-0.3, -0.25) is 14.2 Å². The second-order valence-corrected chi connectivity index (χ2v) is 10.4. The highest BCUT2D eigenvalue weighted by Crippen LogP contribution is 2.48. The summed E-state index contributed by atoms with van der Waals surface area (Å²) in [5, 5.41) is 1.07. The number of methoxy groups -OCH3 is 1. The number of nitrogens with zero attached hydrogens (tertiary/aromatic N) is 2. The fourth-order valence-electron chi connectivity index (χ4n) is 4.38. The lowest BCUT2D eigenvalue weighted by atomic mass is 9.77. The first-order chi connectivity index (χ1) is 18.1. The number of ether oxygens (including phenoxy) is 3. The van der Waals surface area contributed by atoms with Gasteiger partial charge in [-0.25, -0.2) is 13.8 Å². The molecular formula is C26H22ClF2N3O5S. The number of hydrogen-bond acceptors (Lipinski definition) is 8. The minimum Gasteiger partial charge on any atom is -0.493 e. The van der Waals surface area contributed by atoms with Gasteiger partial charge in [0.1, 0.15) is 17.8 Å². The molecule has 198 valence electrons. The van der Waals surface area contributed by atoms with E-state index in [4.69, 9.17) is 31.5 Å². The van der Waals surface area contributed by atoms with Crippen LogP contribution in [0, 0.1) is 0 Å². The minimum atomic E-state index is -2.95. The molecule has 12 heteroatoms. The predicted octanol–water partition coefficient (Wildman–Crippen LogP) is 4.82. The molecule has 1 aliphatic carbocycles.